The van der Waals surface area contributed by atoms with Gasteiger partial charge in [-0.25, -0.2) is 0 Å². The minimum Gasteiger partial charge on any atom is -0.485 e. The van der Waals surface area contributed by atoms with Crippen molar-refractivity contribution in [1.29, 1.82) is 0 Å². The summed E-state index contributed by atoms with van der Waals surface area (Å²) in [6.45, 7) is 4.82. The lowest BCUT2D eigenvalue weighted by molar-refractivity contribution is -0.121. The van der Waals surface area contributed by atoms with E-state index in [9.17, 15) is 4.79 Å². The molecule has 24 heavy (non-hydrogen) atoms. The van der Waals surface area contributed by atoms with E-state index in [-0.39, 0.29) is 5.91 Å². The Hall–Kier alpha value is -2.05. The van der Waals surface area contributed by atoms with Crippen LogP contribution in [0.2, 0.25) is 0 Å². The summed E-state index contributed by atoms with van der Waals surface area (Å²) < 4.78 is 12.1. The summed E-state index contributed by atoms with van der Waals surface area (Å²) in [5, 5.41) is 0. The van der Waals surface area contributed by atoms with Gasteiger partial charge in [0, 0.05) is 12.6 Å². The predicted molar refractivity (Wildman–Crippen MR) is 99.8 cm³/mol. The molecule has 6 heteroatoms. The van der Waals surface area contributed by atoms with E-state index >= 15 is 0 Å². The van der Waals surface area contributed by atoms with Crippen LogP contribution in [0.3, 0.4) is 0 Å². The smallest absolute Gasteiger partial charge is 0.266 e. The lowest BCUT2D eigenvalue weighted by Crippen LogP contribution is -2.27. The number of furan rings is 1. The van der Waals surface area contributed by atoms with Crippen LogP contribution < -0.4 is 4.74 Å². The van der Waals surface area contributed by atoms with Crippen LogP contribution in [0.1, 0.15) is 24.0 Å². The molecular formula is C18H17NO3S2. The van der Waals surface area contributed by atoms with Gasteiger partial charge in [-0.15, -0.1) is 0 Å². The molecule has 0 aliphatic carbocycles. The average molecular weight is 359 g/mol. The lowest BCUT2D eigenvalue weighted by atomic mass is 10.2. The largest absolute Gasteiger partial charge is 0.485 e. The Morgan fingerprint density at radius 2 is 2.08 bits per heavy atom. The highest BCUT2D eigenvalue weighted by Crippen LogP contribution is 2.32. The number of rotatable bonds is 5. The van der Waals surface area contributed by atoms with Gasteiger partial charge in [0.05, 0.1) is 4.91 Å². The third-order valence-corrected chi connectivity index (χ3v) is 4.99. The zero-order chi connectivity index (χ0) is 17.1. The molecule has 1 amide bonds. The van der Waals surface area contributed by atoms with Crippen molar-refractivity contribution in [3.63, 3.8) is 0 Å². The Kier molecular flexibility index (Phi) is 5.06. The minimum atomic E-state index is -0.0680. The van der Waals surface area contributed by atoms with E-state index in [1.54, 1.807) is 11.0 Å². The van der Waals surface area contributed by atoms with Crippen LogP contribution in [-0.4, -0.2) is 21.7 Å². The molecule has 2 heterocycles. The second kappa shape index (κ2) is 7.23. The fourth-order valence-electron chi connectivity index (χ4n) is 2.32. The molecule has 0 bridgehead atoms. The molecule has 0 saturated carbocycles. The second-order valence-electron chi connectivity index (χ2n) is 5.28. The van der Waals surface area contributed by atoms with Gasteiger partial charge in [0.15, 0.2) is 0 Å². The first-order valence-electron chi connectivity index (χ1n) is 7.61. The minimum absolute atomic E-state index is 0.0680. The van der Waals surface area contributed by atoms with E-state index in [1.165, 1.54) is 11.8 Å². The molecule has 1 fully saturated rings. The van der Waals surface area contributed by atoms with Gasteiger partial charge in [-0.05, 0) is 37.6 Å². The Morgan fingerprint density at radius 3 is 2.79 bits per heavy atom. The fraction of sp³-hybridized carbons (Fsp3) is 0.222. The van der Waals surface area contributed by atoms with E-state index in [2.05, 4.69) is 0 Å². The number of hydrogen-bond acceptors (Lipinski definition) is 5. The quantitative estimate of drug-likeness (QED) is 0.585. The molecule has 1 saturated heterocycles. The predicted octanol–water partition coefficient (Wildman–Crippen LogP) is 4.39. The summed E-state index contributed by atoms with van der Waals surface area (Å²) in [6, 6.07) is 11.5. The standard InChI is InChI=1S/C18H17NO3S2/c1-3-19-17(20)16(24-18(19)23)10-13-8-9-14(22-13)11-21-15-7-5-4-6-12(15)2/h4-10H,3,11H2,1-2H3. The third kappa shape index (κ3) is 3.55. The number of carbonyl (C=O) groups excluding carboxylic acids is 1. The van der Waals surface area contributed by atoms with E-state index in [4.69, 9.17) is 21.4 Å². The van der Waals surface area contributed by atoms with Crippen molar-refractivity contribution in [3.8, 4) is 5.75 Å². The van der Waals surface area contributed by atoms with Gasteiger partial charge in [-0.1, -0.05) is 42.2 Å². The number of benzene rings is 1. The Labute approximate surface area is 150 Å². The van der Waals surface area contributed by atoms with Crippen molar-refractivity contribution < 1.29 is 13.9 Å². The Bertz CT molecular complexity index is 810. The maximum atomic E-state index is 12.2. The number of likely N-dealkylation sites (N-methyl/N-ethyl adjacent to an activating group) is 1. The van der Waals surface area contributed by atoms with E-state index < -0.39 is 0 Å². The average Bonchev–Trinajstić information content (AvgIpc) is 3.11. The number of hydrogen-bond donors (Lipinski definition) is 0. The molecule has 2 aromatic rings. The lowest BCUT2D eigenvalue weighted by Gasteiger charge is -2.09. The van der Waals surface area contributed by atoms with Gasteiger partial charge in [-0.3, -0.25) is 9.69 Å². The van der Waals surface area contributed by atoms with Gasteiger partial charge in [-0.2, -0.15) is 0 Å². The second-order valence-corrected chi connectivity index (χ2v) is 6.96. The molecule has 4 nitrogen and oxygen atoms in total. The SMILES string of the molecule is CCN1C(=O)C(=Cc2ccc(COc3ccccc3C)o2)SC1=S. The molecule has 0 N–H and O–H groups in total. The van der Waals surface area contributed by atoms with Crippen LogP contribution in [0, 0.1) is 6.92 Å². The van der Waals surface area contributed by atoms with Crippen molar-refractivity contribution in [3.05, 3.63) is 58.4 Å². The molecule has 124 valence electrons. The number of amides is 1. The Balaban J connectivity index is 1.68. The van der Waals surface area contributed by atoms with Gasteiger partial charge >= 0.3 is 0 Å². The number of thiocarbonyl (C=S) groups is 1. The molecule has 0 unspecified atom stereocenters. The van der Waals surface area contributed by atoms with Crippen molar-refractivity contribution in [2.45, 2.75) is 20.5 Å². The van der Waals surface area contributed by atoms with Crippen LogP contribution in [0.25, 0.3) is 6.08 Å². The molecule has 1 aliphatic heterocycles. The molecule has 1 aromatic carbocycles. The van der Waals surface area contributed by atoms with Crippen LogP contribution in [0.4, 0.5) is 0 Å². The van der Waals surface area contributed by atoms with Crippen molar-refractivity contribution >= 4 is 40.3 Å². The number of thioether (sulfide) groups is 1. The van der Waals surface area contributed by atoms with Crippen LogP contribution in [0.5, 0.6) is 5.75 Å². The highest BCUT2D eigenvalue weighted by Gasteiger charge is 2.30. The number of para-hydroxylation sites is 1. The zero-order valence-electron chi connectivity index (χ0n) is 13.4. The maximum Gasteiger partial charge on any atom is 0.266 e. The highest BCUT2D eigenvalue weighted by atomic mass is 32.2. The number of carbonyl (C=O) groups is 1. The highest BCUT2D eigenvalue weighted by molar-refractivity contribution is 8.26. The number of nitrogens with zero attached hydrogens (tertiary/aromatic N) is 1. The summed E-state index contributed by atoms with van der Waals surface area (Å²) in [5.41, 5.74) is 1.08. The van der Waals surface area contributed by atoms with Gasteiger partial charge in [0.1, 0.15) is 28.2 Å². The summed E-state index contributed by atoms with van der Waals surface area (Å²) in [7, 11) is 0. The third-order valence-electron chi connectivity index (χ3n) is 3.61. The zero-order valence-corrected chi connectivity index (χ0v) is 15.1. The van der Waals surface area contributed by atoms with Crippen molar-refractivity contribution in [1.82, 2.24) is 4.90 Å². The van der Waals surface area contributed by atoms with Crippen molar-refractivity contribution in [2.75, 3.05) is 6.54 Å². The molecular weight excluding hydrogens is 342 g/mol. The molecule has 0 spiro atoms. The van der Waals surface area contributed by atoms with Crippen LogP contribution in [0.15, 0.2) is 45.7 Å². The van der Waals surface area contributed by atoms with Crippen LogP contribution >= 0.6 is 24.0 Å². The topological polar surface area (TPSA) is 42.7 Å². The van der Waals surface area contributed by atoms with Crippen molar-refractivity contribution in [2.24, 2.45) is 0 Å². The number of ether oxygens (including phenoxy) is 1. The van der Waals surface area contributed by atoms with Crippen LogP contribution in [-0.2, 0) is 11.4 Å². The van der Waals surface area contributed by atoms with E-state index in [1.807, 2.05) is 50.2 Å². The first kappa shape index (κ1) is 16.8. The normalized spacial score (nSPS) is 16.2. The summed E-state index contributed by atoms with van der Waals surface area (Å²) in [4.78, 5) is 14.4. The monoisotopic (exact) mass is 359 g/mol. The van der Waals surface area contributed by atoms with E-state index in [0.29, 0.717) is 33.9 Å². The fourth-order valence-corrected chi connectivity index (χ4v) is 3.68. The molecule has 1 aliphatic rings. The summed E-state index contributed by atoms with van der Waals surface area (Å²) in [6.07, 6.45) is 1.73. The molecule has 1 aromatic heterocycles. The van der Waals surface area contributed by atoms with Gasteiger partial charge in [0.25, 0.3) is 5.91 Å². The summed E-state index contributed by atoms with van der Waals surface area (Å²) >= 11 is 6.50. The molecule has 0 atom stereocenters. The molecule has 0 radical (unpaired) electrons. The number of aryl methyl sites for hydroxylation is 1. The van der Waals surface area contributed by atoms with Gasteiger partial charge < -0.3 is 9.15 Å². The van der Waals surface area contributed by atoms with Gasteiger partial charge in [0.2, 0.25) is 0 Å². The molecule has 3 rings (SSSR count). The maximum absolute atomic E-state index is 12.2. The van der Waals surface area contributed by atoms with E-state index in [0.717, 1.165) is 11.3 Å². The summed E-state index contributed by atoms with van der Waals surface area (Å²) in [5.74, 6) is 2.09. The Morgan fingerprint density at radius 1 is 1.29 bits per heavy atom. The first-order chi connectivity index (χ1) is 11.6. The first-order valence-corrected chi connectivity index (χ1v) is 8.83.